The fourth-order valence-corrected chi connectivity index (χ4v) is 0.988. The highest BCUT2D eigenvalue weighted by Crippen LogP contribution is 1.95. The van der Waals surface area contributed by atoms with E-state index in [0.29, 0.717) is 13.0 Å². The van der Waals surface area contributed by atoms with Crippen LogP contribution < -0.4 is 5.32 Å². The van der Waals surface area contributed by atoms with Crippen molar-refractivity contribution in [1.29, 1.82) is 0 Å². The van der Waals surface area contributed by atoms with E-state index in [-0.39, 0.29) is 5.91 Å². The predicted molar refractivity (Wildman–Crippen MR) is 55.6 cm³/mol. The molecule has 0 heterocycles. The zero-order valence-corrected chi connectivity index (χ0v) is 8.68. The summed E-state index contributed by atoms with van der Waals surface area (Å²) < 4.78 is 0. The van der Waals surface area contributed by atoms with E-state index in [9.17, 15) is 4.79 Å². The summed E-state index contributed by atoms with van der Waals surface area (Å²) >= 11 is 0. The first-order valence-corrected chi connectivity index (χ1v) is 4.69. The van der Waals surface area contributed by atoms with Gasteiger partial charge < -0.3 is 10.2 Å². The summed E-state index contributed by atoms with van der Waals surface area (Å²) in [7, 11) is 4.08. The molecule has 76 valence electrons. The number of nitrogens with one attached hydrogen (secondary N) is 1. The molecule has 0 rings (SSSR count). The Balaban J connectivity index is 3.21. The molecule has 0 aliphatic carbocycles. The molecule has 1 N–H and O–H groups in total. The van der Waals surface area contributed by atoms with Gasteiger partial charge in [0.1, 0.15) is 0 Å². The summed E-state index contributed by atoms with van der Waals surface area (Å²) in [5.74, 6) is 0.124. The predicted octanol–water partition coefficient (Wildman–Crippen LogP) is 1.02. The zero-order chi connectivity index (χ0) is 10.1. The lowest BCUT2D eigenvalue weighted by Gasteiger charge is -2.08. The third-order valence-electron chi connectivity index (χ3n) is 1.70. The van der Waals surface area contributed by atoms with Crippen molar-refractivity contribution in [3.63, 3.8) is 0 Å². The number of hydrogen-bond donors (Lipinski definition) is 1. The van der Waals surface area contributed by atoms with Crippen LogP contribution in [0.4, 0.5) is 0 Å². The normalized spacial score (nSPS) is 10.1. The van der Waals surface area contributed by atoms with Crippen LogP contribution in [0.1, 0.15) is 19.3 Å². The first kappa shape index (κ1) is 12.2. The van der Waals surface area contributed by atoms with Gasteiger partial charge in [0, 0.05) is 13.0 Å². The molecule has 0 aromatic rings. The maximum atomic E-state index is 11.1. The second kappa shape index (κ2) is 7.80. The molecule has 0 saturated heterocycles. The monoisotopic (exact) mass is 184 g/mol. The van der Waals surface area contributed by atoms with E-state index < -0.39 is 0 Å². The molecule has 3 nitrogen and oxygen atoms in total. The van der Waals surface area contributed by atoms with Crippen LogP contribution in [-0.2, 0) is 4.79 Å². The van der Waals surface area contributed by atoms with Gasteiger partial charge in [-0.1, -0.05) is 6.08 Å². The number of rotatable bonds is 7. The van der Waals surface area contributed by atoms with E-state index >= 15 is 0 Å². The van der Waals surface area contributed by atoms with Crippen molar-refractivity contribution in [2.45, 2.75) is 19.3 Å². The molecular weight excluding hydrogens is 164 g/mol. The van der Waals surface area contributed by atoms with Crippen molar-refractivity contribution in [2.24, 2.45) is 0 Å². The SMILES string of the molecule is C=CCNC(=O)CCCCN(C)C. The molecule has 0 bridgehead atoms. The molecule has 0 aromatic carbocycles. The van der Waals surface area contributed by atoms with Crippen molar-refractivity contribution in [1.82, 2.24) is 10.2 Å². The standard InChI is InChI=1S/C10H20N2O/c1-4-8-11-10(13)7-5-6-9-12(2)3/h4H,1,5-9H2,2-3H3,(H,11,13). The van der Waals surface area contributed by atoms with Gasteiger partial charge in [-0.3, -0.25) is 4.79 Å². The van der Waals surface area contributed by atoms with Crippen molar-refractivity contribution in [3.05, 3.63) is 12.7 Å². The number of unbranched alkanes of at least 4 members (excludes halogenated alkanes) is 1. The Hall–Kier alpha value is -0.830. The summed E-state index contributed by atoms with van der Waals surface area (Å²) in [4.78, 5) is 13.2. The van der Waals surface area contributed by atoms with Crippen LogP contribution in [0.15, 0.2) is 12.7 Å². The number of hydrogen-bond acceptors (Lipinski definition) is 2. The Kier molecular flexibility index (Phi) is 7.30. The Morgan fingerprint density at radius 1 is 1.46 bits per heavy atom. The number of nitrogens with zero attached hydrogens (tertiary/aromatic N) is 1. The third-order valence-corrected chi connectivity index (χ3v) is 1.70. The fraction of sp³-hybridized carbons (Fsp3) is 0.700. The average Bonchev–Trinajstić information content (AvgIpc) is 2.08. The Bertz CT molecular complexity index is 155. The molecule has 0 saturated carbocycles. The third kappa shape index (κ3) is 9.08. The highest BCUT2D eigenvalue weighted by atomic mass is 16.1. The van der Waals surface area contributed by atoms with E-state index in [0.717, 1.165) is 19.4 Å². The zero-order valence-electron chi connectivity index (χ0n) is 8.68. The Labute approximate surface area is 80.8 Å². The topological polar surface area (TPSA) is 32.3 Å². The number of amides is 1. The molecule has 1 amide bonds. The van der Waals surface area contributed by atoms with Crippen LogP contribution in [0.5, 0.6) is 0 Å². The van der Waals surface area contributed by atoms with Gasteiger partial charge in [0.2, 0.25) is 5.91 Å². The molecule has 0 atom stereocenters. The summed E-state index contributed by atoms with van der Waals surface area (Å²) in [5, 5.41) is 2.75. The smallest absolute Gasteiger partial charge is 0.220 e. The van der Waals surface area contributed by atoms with Crippen LogP contribution in [0.25, 0.3) is 0 Å². The lowest BCUT2D eigenvalue weighted by atomic mass is 10.2. The lowest BCUT2D eigenvalue weighted by molar-refractivity contribution is -0.121. The molecule has 13 heavy (non-hydrogen) atoms. The van der Waals surface area contributed by atoms with Crippen molar-refractivity contribution < 1.29 is 4.79 Å². The molecule has 3 heteroatoms. The summed E-state index contributed by atoms with van der Waals surface area (Å²) in [5.41, 5.74) is 0. The van der Waals surface area contributed by atoms with Gasteiger partial charge in [0.15, 0.2) is 0 Å². The van der Waals surface area contributed by atoms with Gasteiger partial charge in [0.25, 0.3) is 0 Å². The lowest BCUT2D eigenvalue weighted by Crippen LogP contribution is -2.23. The van der Waals surface area contributed by atoms with Crippen LogP contribution in [0.2, 0.25) is 0 Å². The minimum Gasteiger partial charge on any atom is -0.353 e. The molecule has 0 aliphatic rings. The maximum absolute atomic E-state index is 11.1. The van der Waals surface area contributed by atoms with Gasteiger partial charge >= 0.3 is 0 Å². The van der Waals surface area contributed by atoms with Crippen LogP contribution in [0.3, 0.4) is 0 Å². The molecule has 0 fully saturated rings. The van der Waals surface area contributed by atoms with Crippen LogP contribution >= 0.6 is 0 Å². The highest BCUT2D eigenvalue weighted by molar-refractivity contribution is 5.75. The molecule has 0 aromatic heterocycles. The second-order valence-corrected chi connectivity index (χ2v) is 3.35. The van der Waals surface area contributed by atoms with Gasteiger partial charge in [-0.25, -0.2) is 0 Å². The van der Waals surface area contributed by atoms with Crippen molar-refractivity contribution in [2.75, 3.05) is 27.2 Å². The van der Waals surface area contributed by atoms with Gasteiger partial charge in [-0.05, 0) is 33.5 Å². The minimum absolute atomic E-state index is 0.124. The molecular formula is C10H20N2O. The fourth-order valence-electron chi connectivity index (χ4n) is 0.988. The Morgan fingerprint density at radius 2 is 2.15 bits per heavy atom. The molecule has 0 aliphatic heterocycles. The van der Waals surface area contributed by atoms with E-state index in [4.69, 9.17) is 0 Å². The molecule has 0 unspecified atom stereocenters. The minimum atomic E-state index is 0.124. The van der Waals surface area contributed by atoms with Gasteiger partial charge in [0.05, 0.1) is 0 Å². The largest absolute Gasteiger partial charge is 0.353 e. The average molecular weight is 184 g/mol. The quantitative estimate of drug-likeness (QED) is 0.473. The van der Waals surface area contributed by atoms with Gasteiger partial charge in [-0.15, -0.1) is 6.58 Å². The first-order valence-electron chi connectivity index (χ1n) is 4.69. The van der Waals surface area contributed by atoms with Crippen molar-refractivity contribution >= 4 is 5.91 Å². The van der Waals surface area contributed by atoms with E-state index in [1.165, 1.54) is 0 Å². The second-order valence-electron chi connectivity index (χ2n) is 3.35. The van der Waals surface area contributed by atoms with E-state index in [1.54, 1.807) is 6.08 Å². The van der Waals surface area contributed by atoms with Crippen LogP contribution in [-0.4, -0.2) is 38.0 Å². The summed E-state index contributed by atoms with van der Waals surface area (Å²) in [6.07, 6.45) is 4.36. The van der Waals surface area contributed by atoms with E-state index in [2.05, 4.69) is 16.8 Å². The highest BCUT2D eigenvalue weighted by Gasteiger charge is 1.98. The van der Waals surface area contributed by atoms with E-state index in [1.807, 2.05) is 14.1 Å². The molecule has 0 spiro atoms. The van der Waals surface area contributed by atoms with Crippen molar-refractivity contribution in [3.8, 4) is 0 Å². The number of carbonyl (C=O) groups excluding carboxylic acids is 1. The van der Waals surface area contributed by atoms with Crippen LogP contribution in [0, 0.1) is 0 Å². The first-order chi connectivity index (χ1) is 6.16. The summed E-state index contributed by atoms with van der Waals surface area (Å²) in [6, 6.07) is 0. The van der Waals surface area contributed by atoms with Gasteiger partial charge in [-0.2, -0.15) is 0 Å². The Morgan fingerprint density at radius 3 is 2.69 bits per heavy atom. The number of carbonyl (C=O) groups is 1. The summed E-state index contributed by atoms with van der Waals surface area (Å²) in [6.45, 7) is 5.16. The molecule has 0 radical (unpaired) electrons. The maximum Gasteiger partial charge on any atom is 0.220 e.